The molecule has 1 fully saturated rings. The van der Waals surface area contributed by atoms with Gasteiger partial charge in [0.05, 0.1) is 34.2 Å². The van der Waals surface area contributed by atoms with Gasteiger partial charge in [-0.25, -0.2) is 13.3 Å². The number of alkyl halides is 3. The second kappa shape index (κ2) is 10.7. The molecule has 7 nitrogen and oxygen atoms in total. The Hall–Kier alpha value is -2.96. The minimum Gasteiger partial charge on any atom is -0.497 e. The number of aliphatic hydroxyl groups excluding tert-OH is 1. The van der Waals surface area contributed by atoms with Gasteiger partial charge in [0.1, 0.15) is 34.6 Å². The van der Waals surface area contributed by atoms with Crippen molar-refractivity contribution < 1.29 is 32.0 Å². The molecule has 2 N–H and O–H groups in total. The van der Waals surface area contributed by atoms with Crippen LogP contribution in [-0.2, 0) is 14.7 Å². The third-order valence-electron chi connectivity index (χ3n) is 7.01. The number of benzene rings is 3. The quantitative estimate of drug-likeness (QED) is 0.232. The molecule has 3 atom stereocenters. The molecular formula is C28H24Cl2F3N3O4S. The fourth-order valence-corrected chi connectivity index (χ4v) is 7.09. The van der Waals surface area contributed by atoms with E-state index in [0.717, 1.165) is 46.8 Å². The number of nitrogens with one attached hydrogen (secondary N) is 1. The summed E-state index contributed by atoms with van der Waals surface area (Å²) in [6.07, 6.45) is -2.67. The van der Waals surface area contributed by atoms with Crippen molar-refractivity contribution in [3.8, 4) is 5.75 Å². The van der Waals surface area contributed by atoms with Gasteiger partial charge >= 0.3 is 6.36 Å². The standard InChI is InChI=1S/C28H24Cl2F3N3O4S/c29-17-3-9-24-21(11-17)22-12-18(30)4-10-25(22)36(24)26-15-39-14-23(27(26)37)35-41(38,34-13-16-1-2-16)20-7-5-19(6-8-20)40-28(31,32)33/h3-12,15-16,23,27,37H,1-2,13-14H2,(H,34,35,38)/t23-,27-,41?/m0/s1. The van der Waals surface area contributed by atoms with E-state index in [0.29, 0.717) is 28.2 Å². The van der Waals surface area contributed by atoms with Crippen molar-refractivity contribution in [3.05, 3.63) is 77.0 Å². The Morgan fingerprint density at radius 1 is 1.02 bits per heavy atom. The molecule has 1 aliphatic carbocycles. The van der Waals surface area contributed by atoms with Crippen LogP contribution in [0.2, 0.25) is 10.0 Å². The highest BCUT2D eigenvalue weighted by Gasteiger charge is 2.35. The summed E-state index contributed by atoms with van der Waals surface area (Å²) in [4.78, 5) is 0.164. The topological polar surface area (TPSA) is 85.1 Å². The van der Waals surface area contributed by atoms with Gasteiger partial charge in [-0.15, -0.1) is 13.2 Å². The Labute approximate surface area is 243 Å². The fraction of sp³-hybridized carbons (Fsp3) is 0.286. The first-order valence-electron chi connectivity index (χ1n) is 12.8. The van der Waals surface area contributed by atoms with Crippen LogP contribution in [0.5, 0.6) is 5.75 Å². The Morgan fingerprint density at radius 2 is 1.63 bits per heavy atom. The van der Waals surface area contributed by atoms with Crippen molar-refractivity contribution in [1.29, 1.82) is 0 Å². The third-order valence-corrected chi connectivity index (χ3v) is 9.53. The molecule has 2 heterocycles. The zero-order valence-corrected chi connectivity index (χ0v) is 23.6. The number of ether oxygens (including phenoxy) is 2. The predicted molar refractivity (Wildman–Crippen MR) is 152 cm³/mol. The molecule has 0 spiro atoms. The summed E-state index contributed by atoms with van der Waals surface area (Å²) in [5.41, 5.74) is 1.89. The minimum atomic E-state index is -4.85. The van der Waals surface area contributed by atoms with Gasteiger partial charge in [-0.1, -0.05) is 23.2 Å². The van der Waals surface area contributed by atoms with Gasteiger partial charge in [-0.2, -0.15) is 0 Å². The average Bonchev–Trinajstić information content (AvgIpc) is 3.70. The molecule has 6 rings (SSSR count). The summed E-state index contributed by atoms with van der Waals surface area (Å²) in [7, 11) is -3.38. The summed E-state index contributed by atoms with van der Waals surface area (Å²) in [6, 6.07) is 14.6. The first kappa shape index (κ1) is 28.2. The zero-order valence-electron chi connectivity index (χ0n) is 21.3. The van der Waals surface area contributed by atoms with E-state index in [-0.39, 0.29) is 11.5 Å². The summed E-state index contributed by atoms with van der Waals surface area (Å²) < 4.78 is 71.2. The highest BCUT2D eigenvalue weighted by atomic mass is 35.5. The zero-order chi connectivity index (χ0) is 28.9. The van der Waals surface area contributed by atoms with Crippen molar-refractivity contribution >= 4 is 60.6 Å². The number of hydrogen-bond acceptors (Lipinski definition) is 5. The number of fused-ring (bicyclic) bond motifs is 3. The van der Waals surface area contributed by atoms with Crippen molar-refractivity contribution in [2.45, 2.75) is 36.2 Å². The Balaban J connectivity index is 1.36. The fourth-order valence-electron chi connectivity index (χ4n) is 4.86. The van der Waals surface area contributed by atoms with Gasteiger partial charge in [0.2, 0.25) is 0 Å². The highest BCUT2D eigenvalue weighted by Crippen LogP contribution is 2.37. The Bertz CT molecular complexity index is 1720. The lowest BCUT2D eigenvalue weighted by molar-refractivity contribution is -0.274. The van der Waals surface area contributed by atoms with Gasteiger partial charge in [-0.3, -0.25) is 0 Å². The first-order chi connectivity index (χ1) is 19.5. The van der Waals surface area contributed by atoms with Gasteiger partial charge < -0.3 is 19.1 Å². The van der Waals surface area contributed by atoms with Crippen LogP contribution < -0.4 is 9.46 Å². The second-order valence-corrected chi connectivity index (χ2v) is 12.9. The maximum Gasteiger partial charge on any atom is 0.573 e. The van der Waals surface area contributed by atoms with Gasteiger partial charge in [0, 0.05) is 20.8 Å². The smallest absolute Gasteiger partial charge is 0.497 e. The number of rotatable bonds is 7. The van der Waals surface area contributed by atoms with Crippen molar-refractivity contribution in [3.63, 3.8) is 0 Å². The molecule has 1 aromatic heterocycles. The van der Waals surface area contributed by atoms with E-state index in [4.69, 9.17) is 27.9 Å². The molecule has 2 aliphatic rings. The maximum atomic E-state index is 14.3. The van der Waals surface area contributed by atoms with Crippen LogP contribution in [0.4, 0.5) is 13.2 Å². The molecule has 0 amide bonds. The van der Waals surface area contributed by atoms with E-state index < -0.39 is 34.2 Å². The monoisotopic (exact) mass is 625 g/mol. The van der Waals surface area contributed by atoms with Gasteiger partial charge in [0.15, 0.2) is 0 Å². The number of aliphatic hydroxyl groups is 1. The van der Waals surface area contributed by atoms with E-state index in [2.05, 4.69) is 13.8 Å². The van der Waals surface area contributed by atoms with E-state index in [9.17, 15) is 22.5 Å². The lowest BCUT2D eigenvalue weighted by Crippen LogP contribution is -2.49. The Morgan fingerprint density at radius 3 is 2.20 bits per heavy atom. The average molecular weight is 626 g/mol. The van der Waals surface area contributed by atoms with Crippen LogP contribution in [0.15, 0.2) is 76.2 Å². The van der Waals surface area contributed by atoms with Crippen molar-refractivity contribution in [2.75, 3.05) is 13.2 Å². The van der Waals surface area contributed by atoms with Crippen molar-refractivity contribution in [1.82, 2.24) is 9.29 Å². The SMILES string of the molecule is O=S(=NCC1CC1)(N[C@H]1COC=C(n2c3ccc(Cl)cc3c3cc(Cl)ccc32)[C@H]1O)c1ccc(OC(F)(F)F)cc1. The van der Waals surface area contributed by atoms with E-state index in [1.54, 1.807) is 12.1 Å². The molecule has 4 aromatic rings. The van der Waals surface area contributed by atoms with E-state index in [1.807, 2.05) is 28.8 Å². The molecule has 216 valence electrons. The number of hydrogen-bond donors (Lipinski definition) is 2. The van der Waals surface area contributed by atoms with Crippen LogP contribution in [0.25, 0.3) is 27.5 Å². The van der Waals surface area contributed by atoms with Crippen LogP contribution in [0, 0.1) is 5.92 Å². The van der Waals surface area contributed by atoms with E-state index in [1.165, 1.54) is 18.4 Å². The lowest BCUT2D eigenvalue weighted by atomic mass is 10.1. The molecule has 3 aromatic carbocycles. The Kier molecular flexibility index (Phi) is 7.36. The molecule has 13 heteroatoms. The van der Waals surface area contributed by atoms with Crippen molar-refractivity contribution in [2.24, 2.45) is 10.3 Å². The third kappa shape index (κ3) is 5.87. The summed E-state index contributed by atoms with van der Waals surface area (Å²) >= 11 is 12.6. The predicted octanol–water partition coefficient (Wildman–Crippen LogP) is 7.00. The van der Waals surface area contributed by atoms with Crippen LogP contribution in [-0.4, -0.2) is 45.5 Å². The molecule has 1 unspecified atom stereocenters. The molecule has 0 radical (unpaired) electrons. The van der Waals surface area contributed by atoms with Gasteiger partial charge in [0.25, 0.3) is 0 Å². The molecule has 0 saturated heterocycles. The number of halogens is 5. The van der Waals surface area contributed by atoms with Crippen LogP contribution >= 0.6 is 23.2 Å². The number of aromatic nitrogens is 1. The van der Waals surface area contributed by atoms with E-state index >= 15 is 0 Å². The molecule has 41 heavy (non-hydrogen) atoms. The van der Waals surface area contributed by atoms with Gasteiger partial charge in [-0.05, 0) is 79.4 Å². The lowest BCUT2D eigenvalue weighted by Gasteiger charge is -2.31. The maximum absolute atomic E-state index is 14.3. The minimum absolute atomic E-state index is 0.0232. The van der Waals surface area contributed by atoms with Crippen LogP contribution in [0.3, 0.4) is 0 Å². The molecule has 1 aliphatic heterocycles. The highest BCUT2D eigenvalue weighted by molar-refractivity contribution is 7.91. The molecule has 1 saturated carbocycles. The summed E-state index contributed by atoms with van der Waals surface area (Å²) in [5, 5.41) is 14.3. The van der Waals surface area contributed by atoms with Crippen LogP contribution in [0.1, 0.15) is 12.8 Å². The molecule has 0 bridgehead atoms. The normalized spacial score (nSPS) is 20.9. The summed E-state index contributed by atoms with van der Waals surface area (Å²) in [6.45, 7) is 0.290. The number of nitrogens with zero attached hydrogens (tertiary/aromatic N) is 2. The largest absolute Gasteiger partial charge is 0.573 e. The summed E-state index contributed by atoms with van der Waals surface area (Å²) in [5.74, 6) is -0.146. The first-order valence-corrected chi connectivity index (χ1v) is 15.0. The molecular weight excluding hydrogens is 602 g/mol. The second-order valence-electron chi connectivity index (χ2n) is 10.0.